The van der Waals surface area contributed by atoms with Gasteiger partial charge in [0.2, 0.25) is 10.0 Å². The zero-order valence-electron chi connectivity index (χ0n) is 12.1. The van der Waals surface area contributed by atoms with Crippen molar-refractivity contribution in [2.24, 2.45) is 11.8 Å². The maximum atomic E-state index is 12.5. The van der Waals surface area contributed by atoms with Crippen LogP contribution in [0.4, 0.5) is 0 Å². The van der Waals surface area contributed by atoms with Gasteiger partial charge >= 0.3 is 5.97 Å². The zero-order chi connectivity index (χ0) is 15.9. The van der Waals surface area contributed by atoms with Crippen molar-refractivity contribution < 1.29 is 18.3 Å². The largest absolute Gasteiger partial charge is 0.481 e. The fourth-order valence-corrected chi connectivity index (χ4v) is 4.03. The highest BCUT2D eigenvalue weighted by atomic mass is 32.2. The van der Waals surface area contributed by atoms with E-state index in [0.717, 1.165) is 10.9 Å². The lowest BCUT2D eigenvalue weighted by Crippen LogP contribution is -2.27. The molecule has 1 aliphatic carbocycles. The van der Waals surface area contributed by atoms with Crippen LogP contribution in [0, 0.1) is 18.8 Å². The second-order valence-electron chi connectivity index (χ2n) is 5.72. The number of rotatable bonds is 5. The van der Waals surface area contributed by atoms with E-state index in [1.54, 1.807) is 18.2 Å². The number of carboxylic acid groups (broad SMARTS) is 1. The highest BCUT2D eigenvalue weighted by Crippen LogP contribution is 2.38. The Morgan fingerprint density at radius 2 is 1.91 bits per heavy atom. The number of carbonyl (C=O) groups is 1. The third-order valence-electron chi connectivity index (χ3n) is 4.17. The fraction of sp³-hybridized carbons (Fsp3) is 0.312. The molecule has 2 N–H and O–H groups in total. The summed E-state index contributed by atoms with van der Waals surface area (Å²) in [5.74, 6) is -1.38. The molecule has 5 nitrogen and oxygen atoms in total. The van der Waals surface area contributed by atoms with Gasteiger partial charge in [-0.2, -0.15) is 0 Å². The first kappa shape index (κ1) is 15.0. The first-order valence-corrected chi connectivity index (χ1v) is 8.59. The molecule has 0 aromatic heterocycles. The van der Waals surface area contributed by atoms with Gasteiger partial charge in [-0.05, 0) is 36.3 Å². The first-order valence-electron chi connectivity index (χ1n) is 7.11. The molecule has 0 bridgehead atoms. The van der Waals surface area contributed by atoms with Crippen LogP contribution in [-0.2, 0) is 14.8 Å². The van der Waals surface area contributed by atoms with E-state index in [4.69, 9.17) is 5.11 Å². The van der Waals surface area contributed by atoms with Gasteiger partial charge in [-0.3, -0.25) is 4.79 Å². The first-order chi connectivity index (χ1) is 10.4. The van der Waals surface area contributed by atoms with Crippen molar-refractivity contribution in [2.45, 2.75) is 18.2 Å². The van der Waals surface area contributed by atoms with Crippen LogP contribution < -0.4 is 4.72 Å². The molecule has 0 aliphatic heterocycles. The Bertz CT molecular complexity index is 844. The number of aryl methyl sites for hydroxylation is 1. The van der Waals surface area contributed by atoms with Crippen molar-refractivity contribution in [3.8, 4) is 0 Å². The summed E-state index contributed by atoms with van der Waals surface area (Å²) >= 11 is 0. The van der Waals surface area contributed by atoms with E-state index in [1.165, 1.54) is 0 Å². The molecule has 1 fully saturated rings. The Morgan fingerprint density at radius 3 is 2.55 bits per heavy atom. The van der Waals surface area contributed by atoms with Crippen molar-refractivity contribution >= 4 is 26.8 Å². The number of nitrogens with one attached hydrogen (secondary N) is 1. The van der Waals surface area contributed by atoms with E-state index in [2.05, 4.69) is 4.72 Å². The summed E-state index contributed by atoms with van der Waals surface area (Å²) in [6.07, 6.45) is 0.534. The van der Waals surface area contributed by atoms with Gasteiger partial charge in [0.15, 0.2) is 0 Å². The summed E-state index contributed by atoms with van der Waals surface area (Å²) in [6, 6.07) is 10.7. The number of hydrogen-bond acceptors (Lipinski definition) is 3. The summed E-state index contributed by atoms with van der Waals surface area (Å²) in [6.45, 7) is 2.11. The smallest absolute Gasteiger partial charge is 0.306 e. The Balaban J connectivity index is 1.87. The van der Waals surface area contributed by atoms with Crippen LogP contribution in [0.5, 0.6) is 0 Å². The van der Waals surface area contributed by atoms with E-state index in [-0.39, 0.29) is 17.4 Å². The predicted molar refractivity (Wildman–Crippen MR) is 83.1 cm³/mol. The molecule has 2 aromatic carbocycles. The molecule has 0 amide bonds. The van der Waals surface area contributed by atoms with Gasteiger partial charge in [-0.1, -0.05) is 30.3 Å². The number of benzene rings is 2. The van der Waals surface area contributed by atoms with Gasteiger partial charge in [-0.25, -0.2) is 13.1 Å². The molecule has 2 atom stereocenters. The van der Waals surface area contributed by atoms with Crippen LogP contribution >= 0.6 is 0 Å². The van der Waals surface area contributed by atoms with Crippen LogP contribution in [0.25, 0.3) is 10.8 Å². The lowest BCUT2D eigenvalue weighted by atomic mass is 10.1. The molecule has 0 heterocycles. The maximum absolute atomic E-state index is 12.5. The topological polar surface area (TPSA) is 83.5 Å². The van der Waals surface area contributed by atoms with E-state index in [9.17, 15) is 13.2 Å². The van der Waals surface area contributed by atoms with Crippen LogP contribution in [0.15, 0.2) is 41.3 Å². The Labute approximate surface area is 129 Å². The number of aliphatic carboxylic acids is 1. The summed E-state index contributed by atoms with van der Waals surface area (Å²) < 4.78 is 27.6. The lowest BCUT2D eigenvalue weighted by Gasteiger charge is -2.11. The summed E-state index contributed by atoms with van der Waals surface area (Å²) in [5, 5.41) is 10.4. The van der Waals surface area contributed by atoms with E-state index in [1.807, 2.05) is 25.1 Å². The monoisotopic (exact) mass is 319 g/mol. The molecule has 6 heteroatoms. The molecule has 116 valence electrons. The van der Waals surface area contributed by atoms with Crippen molar-refractivity contribution in [3.05, 3.63) is 42.0 Å². The van der Waals surface area contributed by atoms with Crippen LogP contribution in [0.2, 0.25) is 0 Å². The van der Waals surface area contributed by atoms with Crippen LogP contribution in [0.1, 0.15) is 12.0 Å². The zero-order valence-corrected chi connectivity index (χ0v) is 12.9. The molecule has 1 aliphatic rings. The van der Waals surface area contributed by atoms with E-state index in [0.29, 0.717) is 11.8 Å². The van der Waals surface area contributed by atoms with Gasteiger partial charge < -0.3 is 5.11 Å². The summed E-state index contributed by atoms with van der Waals surface area (Å²) in [5.41, 5.74) is 1.02. The SMILES string of the molecule is Cc1ccc(S(=O)(=O)NC[C@@H]2C[C@@H]2C(=O)O)c2ccccc12. The minimum absolute atomic E-state index is 0.107. The van der Waals surface area contributed by atoms with Crippen molar-refractivity contribution in [2.75, 3.05) is 6.54 Å². The van der Waals surface area contributed by atoms with E-state index >= 15 is 0 Å². The van der Waals surface area contributed by atoms with Crippen LogP contribution in [-0.4, -0.2) is 26.0 Å². The standard InChI is InChI=1S/C16H17NO4S/c1-10-6-7-15(13-5-3-2-4-12(10)13)22(20,21)17-9-11-8-14(11)16(18)19/h2-7,11,14,17H,8-9H2,1H3,(H,18,19)/t11-,14-/m0/s1. The highest BCUT2D eigenvalue weighted by molar-refractivity contribution is 7.89. The van der Waals surface area contributed by atoms with Crippen molar-refractivity contribution in [1.82, 2.24) is 4.72 Å². The summed E-state index contributed by atoms with van der Waals surface area (Å²) in [7, 11) is -3.65. The second-order valence-corrected chi connectivity index (χ2v) is 7.45. The third kappa shape index (κ3) is 2.71. The number of hydrogen-bond donors (Lipinski definition) is 2. The Hall–Kier alpha value is -1.92. The average molecular weight is 319 g/mol. The Morgan fingerprint density at radius 1 is 1.23 bits per heavy atom. The molecule has 0 radical (unpaired) electrons. The molecule has 22 heavy (non-hydrogen) atoms. The molecular weight excluding hydrogens is 302 g/mol. The predicted octanol–water partition coefficient (Wildman–Crippen LogP) is 2.15. The van der Waals surface area contributed by atoms with Gasteiger partial charge in [0, 0.05) is 11.9 Å². The normalized spacial score (nSPS) is 21.0. The summed E-state index contributed by atoms with van der Waals surface area (Å²) in [4.78, 5) is 11.0. The van der Waals surface area contributed by atoms with Gasteiger partial charge in [-0.15, -0.1) is 0 Å². The molecule has 3 rings (SSSR count). The lowest BCUT2D eigenvalue weighted by molar-refractivity contribution is -0.138. The molecular formula is C16H17NO4S. The van der Waals surface area contributed by atoms with E-state index < -0.39 is 21.9 Å². The molecule has 0 saturated heterocycles. The molecule has 0 spiro atoms. The van der Waals surface area contributed by atoms with Gasteiger partial charge in [0.05, 0.1) is 10.8 Å². The van der Waals surface area contributed by atoms with Gasteiger partial charge in [0.1, 0.15) is 0 Å². The van der Waals surface area contributed by atoms with Gasteiger partial charge in [0.25, 0.3) is 0 Å². The fourth-order valence-electron chi connectivity index (χ4n) is 2.73. The number of fused-ring (bicyclic) bond motifs is 1. The molecule has 0 unspecified atom stereocenters. The quantitative estimate of drug-likeness (QED) is 0.884. The molecule has 2 aromatic rings. The maximum Gasteiger partial charge on any atom is 0.306 e. The number of carboxylic acids is 1. The highest BCUT2D eigenvalue weighted by Gasteiger charge is 2.43. The molecule has 1 saturated carbocycles. The minimum Gasteiger partial charge on any atom is -0.481 e. The van der Waals surface area contributed by atoms with Crippen LogP contribution in [0.3, 0.4) is 0 Å². The minimum atomic E-state index is -3.65. The average Bonchev–Trinajstić information content (AvgIpc) is 3.25. The second kappa shape index (κ2) is 5.37. The number of sulfonamides is 1. The third-order valence-corrected chi connectivity index (χ3v) is 5.65. The Kier molecular flexibility index (Phi) is 3.66. The van der Waals surface area contributed by atoms with Crippen molar-refractivity contribution in [3.63, 3.8) is 0 Å². The van der Waals surface area contributed by atoms with Crippen molar-refractivity contribution in [1.29, 1.82) is 0 Å².